The van der Waals surface area contributed by atoms with E-state index in [1.54, 1.807) is 18.2 Å². The molecule has 0 unspecified atom stereocenters. The number of halogens is 3. The van der Waals surface area contributed by atoms with Gasteiger partial charge in [-0.3, -0.25) is 0 Å². The van der Waals surface area contributed by atoms with E-state index in [4.69, 9.17) is 39.2 Å². The van der Waals surface area contributed by atoms with Crippen molar-refractivity contribution in [1.82, 2.24) is 4.98 Å². The molecule has 0 aliphatic rings. The van der Waals surface area contributed by atoms with Crippen molar-refractivity contribution < 1.29 is 9.52 Å². The van der Waals surface area contributed by atoms with Gasteiger partial charge in [-0.2, -0.15) is 0 Å². The van der Waals surface area contributed by atoms with E-state index in [0.29, 0.717) is 27.6 Å². The van der Waals surface area contributed by atoms with Crippen molar-refractivity contribution >= 4 is 45.9 Å². The number of fused-ring (bicyclic) bond motifs is 1. The molecule has 0 radical (unpaired) electrons. The molecule has 3 rings (SSSR count). The van der Waals surface area contributed by atoms with Crippen LogP contribution in [-0.2, 0) is 0 Å². The lowest BCUT2D eigenvalue weighted by Crippen LogP contribution is -1.79. The summed E-state index contributed by atoms with van der Waals surface area (Å²) in [7, 11) is 0. The molecule has 0 saturated carbocycles. The fourth-order valence-electron chi connectivity index (χ4n) is 1.71. The number of aromatic hydroxyl groups is 1. The van der Waals surface area contributed by atoms with E-state index < -0.39 is 0 Å². The van der Waals surface area contributed by atoms with Gasteiger partial charge in [-0.25, -0.2) is 4.98 Å². The highest BCUT2D eigenvalue weighted by molar-refractivity contribution is 6.37. The number of hydrogen-bond donors (Lipinski definition) is 1. The van der Waals surface area contributed by atoms with Gasteiger partial charge in [0.2, 0.25) is 5.89 Å². The molecule has 0 fully saturated rings. The molecule has 3 aromatic rings. The molecule has 0 aliphatic carbocycles. The topological polar surface area (TPSA) is 46.3 Å². The van der Waals surface area contributed by atoms with Crippen molar-refractivity contribution in [2.24, 2.45) is 0 Å². The van der Waals surface area contributed by atoms with Crippen molar-refractivity contribution in [2.75, 3.05) is 0 Å². The van der Waals surface area contributed by atoms with Gasteiger partial charge in [-0.15, -0.1) is 0 Å². The molecule has 0 aliphatic heterocycles. The maximum absolute atomic E-state index is 9.52. The molecular formula is C13H6Cl3NO2. The third-order valence-corrected chi connectivity index (χ3v) is 3.42. The second-order valence-corrected chi connectivity index (χ2v) is 5.17. The quantitative estimate of drug-likeness (QED) is 0.674. The Balaban J connectivity index is 2.19. The number of phenolic OH excluding ortho intramolecular Hbond substituents is 1. The predicted molar refractivity (Wildman–Crippen MR) is 76.1 cm³/mol. The van der Waals surface area contributed by atoms with Crippen LogP contribution in [0.25, 0.3) is 22.6 Å². The number of benzene rings is 2. The van der Waals surface area contributed by atoms with Crippen LogP contribution in [0.5, 0.6) is 5.75 Å². The van der Waals surface area contributed by atoms with Crippen LogP contribution >= 0.6 is 34.8 Å². The standard InChI is InChI=1S/C13H6Cl3NO2/c14-7-1-2-11-10(5-7)17-13(19-11)6-3-8(15)12(18)9(16)4-6/h1-5,18H. The van der Waals surface area contributed by atoms with E-state index >= 15 is 0 Å². The summed E-state index contributed by atoms with van der Waals surface area (Å²) < 4.78 is 5.59. The molecular weight excluding hydrogens is 309 g/mol. The van der Waals surface area contributed by atoms with Gasteiger partial charge in [0.15, 0.2) is 11.3 Å². The summed E-state index contributed by atoms with van der Waals surface area (Å²) in [6, 6.07) is 8.23. The number of oxazole rings is 1. The highest BCUT2D eigenvalue weighted by atomic mass is 35.5. The minimum absolute atomic E-state index is 0.141. The molecule has 0 spiro atoms. The van der Waals surface area contributed by atoms with Gasteiger partial charge in [0.25, 0.3) is 0 Å². The first-order chi connectivity index (χ1) is 9.04. The van der Waals surface area contributed by atoms with E-state index in [9.17, 15) is 5.11 Å². The van der Waals surface area contributed by atoms with E-state index in [0.717, 1.165) is 0 Å². The van der Waals surface area contributed by atoms with Crippen LogP contribution in [0.1, 0.15) is 0 Å². The molecule has 1 aromatic heterocycles. The Morgan fingerprint density at radius 3 is 2.37 bits per heavy atom. The highest BCUT2D eigenvalue weighted by Crippen LogP contribution is 2.37. The largest absolute Gasteiger partial charge is 0.505 e. The highest BCUT2D eigenvalue weighted by Gasteiger charge is 2.13. The van der Waals surface area contributed by atoms with Crippen LogP contribution in [0.3, 0.4) is 0 Å². The molecule has 0 amide bonds. The van der Waals surface area contributed by atoms with E-state index in [-0.39, 0.29) is 15.8 Å². The molecule has 19 heavy (non-hydrogen) atoms. The molecule has 3 nitrogen and oxygen atoms in total. The second kappa shape index (κ2) is 4.60. The minimum Gasteiger partial charge on any atom is -0.505 e. The Morgan fingerprint density at radius 2 is 1.68 bits per heavy atom. The molecule has 6 heteroatoms. The summed E-state index contributed by atoms with van der Waals surface area (Å²) in [5.41, 5.74) is 1.84. The number of hydrogen-bond acceptors (Lipinski definition) is 3. The molecule has 2 aromatic carbocycles. The van der Waals surface area contributed by atoms with Gasteiger partial charge < -0.3 is 9.52 Å². The number of phenols is 1. The smallest absolute Gasteiger partial charge is 0.227 e. The Hall–Kier alpha value is -1.42. The normalized spacial score (nSPS) is 11.1. The van der Waals surface area contributed by atoms with Crippen LogP contribution < -0.4 is 0 Å². The third-order valence-electron chi connectivity index (χ3n) is 2.61. The van der Waals surface area contributed by atoms with Crippen LogP contribution in [0.2, 0.25) is 15.1 Å². The Bertz CT molecular complexity index is 760. The lowest BCUT2D eigenvalue weighted by molar-refractivity contribution is 0.476. The van der Waals surface area contributed by atoms with E-state index in [1.165, 1.54) is 12.1 Å². The number of rotatable bonds is 1. The van der Waals surface area contributed by atoms with Crippen molar-refractivity contribution in [1.29, 1.82) is 0 Å². The van der Waals surface area contributed by atoms with Gasteiger partial charge >= 0.3 is 0 Å². The van der Waals surface area contributed by atoms with E-state index in [1.807, 2.05) is 0 Å². The monoisotopic (exact) mass is 313 g/mol. The Labute approximate surface area is 123 Å². The third kappa shape index (κ3) is 2.25. The first kappa shape index (κ1) is 12.6. The van der Waals surface area contributed by atoms with Gasteiger partial charge in [-0.05, 0) is 30.3 Å². The summed E-state index contributed by atoms with van der Waals surface area (Å²) in [5.74, 6) is 0.201. The SMILES string of the molecule is Oc1c(Cl)cc(-c2nc3cc(Cl)ccc3o2)cc1Cl. The lowest BCUT2D eigenvalue weighted by Gasteiger charge is -2.01. The maximum Gasteiger partial charge on any atom is 0.227 e. The van der Waals surface area contributed by atoms with Crippen molar-refractivity contribution in [3.05, 3.63) is 45.4 Å². The van der Waals surface area contributed by atoms with Crippen molar-refractivity contribution in [2.45, 2.75) is 0 Å². The number of aromatic nitrogens is 1. The summed E-state index contributed by atoms with van der Waals surface area (Å²) in [5, 5.41) is 10.4. The van der Waals surface area contributed by atoms with Crippen molar-refractivity contribution in [3.63, 3.8) is 0 Å². The fourth-order valence-corrected chi connectivity index (χ4v) is 2.37. The second-order valence-electron chi connectivity index (χ2n) is 3.92. The average Bonchev–Trinajstić information content (AvgIpc) is 2.78. The number of nitrogens with zero attached hydrogens (tertiary/aromatic N) is 1. The maximum atomic E-state index is 9.52. The zero-order valence-corrected chi connectivity index (χ0v) is 11.6. The van der Waals surface area contributed by atoms with Gasteiger partial charge in [0.05, 0.1) is 10.0 Å². The molecule has 1 N–H and O–H groups in total. The zero-order chi connectivity index (χ0) is 13.6. The first-order valence-corrected chi connectivity index (χ1v) is 6.42. The van der Waals surface area contributed by atoms with Gasteiger partial charge in [0, 0.05) is 10.6 Å². The van der Waals surface area contributed by atoms with Crippen molar-refractivity contribution in [3.8, 4) is 17.2 Å². The van der Waals surface area contributed by atoms with Crippen LogP contribution in [0.15, 0.2) is 34.7 Å². The lowest BCUT2D eigenvalue weighted by atomic mass is 10.2. The summed E-state index contributed by atoms with van der Waals surface area (Å²) >= 11 is 17.6. The van der Waals surface area contributed by atoms with Gasteiger partial charge in [-0.1, -0.05) is 34.8 Å². The summed E-state index contributed by atoms with van der Waals surface area (Å²) in [4.78, 5) is 4.31. The minimum atomic E-state index is -0.161. The summed E-state index contributed by atoms with van der Waals surface area (Å²) in [6.07, 6.45) is 0. The molecule has 0 saturated heterocycles. The predicted octanol–water partition coefficient (Wildman–Crippen LogP) is 5.16. The molecule has 0 atom stereocenters. The molecule has 1 heterocycles. The van der Waals surface area contributed by atoms with E-state index in [2.05, 4.69) is 4.98 Å². The molecule has 96 valence electrons. The first-order valence-electron chi connectivity index (χ1n) is 5.29. The zero-order valence-electron chi connectivity index (χ0n) is 9.32. The summed E-state index contributed by atoms with van der Waals surface area (Å²) in [6.45, 7) is 0. The Morgan fingerprint density at radius 1 is 1.00 bits per heavy atom. The molecule has 0 bridgehead atoms. The van der Waals surface area contributed by atoms with Crippen LogP contribution in [0.4, 0.5) is 0 Å². The van der Waals surface area contributed by atoms with Gasteiger partial charge in [0.1, 0.15) is 5.52 Å². The van der Waals surface area contributed by atoms with Crippen LogP contribution in [0, 0.1) is 0 Å². The average molecular weight is 315 g/mol. The van der Waals surface area contributed by atoms with Crippen LogP contribution in [-0.4, -0.2) is 10.1 Å². The fraction of sp³-hybridized carbons (Fsp3) is 0. The Kier molecular flexibility index (Phi) is 3.05.